The van der Waals surface area contributed by atoms with Gasteiger partial charge in [-0.25, -0.2) is 0 Å². The number of rotatable bonds is 4. The SMILES string of the molecule is COC1COC(C2CCC(C3CCC(/C=C/Cl)CC3)CC2)OC1. The summed E-state index contributed by atoms with van der Waals surface area (Å²) < 4.78 is 17.0. The molecule has 1 aliphatic heterocycles. The van der Waals surface area contributed by atoms with Crippen molar-refractivity contribution in [3.63, 3.8) is 0 Å². The Labute approximate surface area is 145 Å². The minimum absolute atomic E-state index is 0.00643. The fourth-order valence-corrected chi connectivity index (χ4v) is 4.91. The van der Waals surface area contributed by atoms with Gasteiger partial charge >= 0.3 is 0 Å². The van der Waals surface area contributed by atoms with Crippen LogP contribution in [0.25, 0.3) is 0 Å². The van der Waals surface area contributed by atoms with Gasteiger partial charge in [-0.15, -0.1) is 0 Å². The third-order valence-corrected chi connectivity index (χ3v) is 6.40. The zero-order chi connectivity index (χ0) is 16.1. The van der Waals surface area contributed by atoms with Crippen molar-refractivity contribution in [2.45, 2.75) is 63.8 Å². The molecule has 0 amide bonds. The van der Waals surface area contributed by atoms with E-state index in [1.54, 1.807) is 12.6 Å². The summed E-state index contributed by atoms with van der Waals surface area (Å²) in [5, 5.41) is 0. The van der Waals surface area contributed by atoms with Crippen LogP contribution in [-0.4, -0.2) is 32.7 Å². The summed E-state index contributed by atoms with van der Waals surface area (Å²) in [5.74, 6) is 3.15. The highest BCUT2D eigenvalue weighted by atomic mass is 35.5. The Bertz CT molecular complexity index is 363. The third-order valence-electron chi connectivity index (χ3n) is 6.26. The molecule has 23 heavy (non-hydrogen) atoms. The molecule has 0 N–H and O–H groups in total. The summed E-state index contributed by atoms with van der Waals surface area (Å²) in [5.41, 5.74) is 1.70. The number of ether oxygens (including phenoxy) is 3. The fourth-order valence-electron chi connectivity index (χ4n) is 4.71. The smallest absolute Gasteiger partial charge is 0.160 e. The van der Waals surface area contributed by atoms with Crippen LogP contribution in [0.3, 0.4) is 0 Å². The first-order valence-corrected chi connectivity index (χ1v) is 9.76. The second-order valence-corrected chi connectivity index (χ2v) is 7.81. The monoisotopic (exact) mass is 342 g/mol. The largest absolute Gasteiger partial charge is 0.377 e. The fraction of sp³-hybridized carbons (Fsp3) is 0.895. The molecule has 3 fully saturated rings. The Morgan fingerprint density at radius 3 is 1.87 bits per heavy atom. The highest BCUT2D eigenvalue weighted by Gasteiger charge is 2.35. The normalized spacial score (nSPS) is 42.9. The van der Waals surface area contributed by atoms with Crippen LogP contribution in [0.5, 0.6) is 0 Å². The molecule has 0 spiro atoms. The molecule has 0 aromatic rings. The Balaban J connectivity index is 1.39. The molecule has 4 heteroatoms. The van der Waals surface area contributed by atoms with E-state index in [0.717, 1.165) is 17.8 Å². The Kier molecular flexibility index (Phi) is 6.82. The molecule has 132 valence electrons. The lowest BCUT2D eigenvalue weighted by Gasteiger charge is -2.40. The molecule has 0 unspecified atom stereocenters. The molecule has 3 aliphatic rings. The van der Waals surface area contributed by atoms with Crippen molar-refractivity contribution in [1.29, 1.82) is 0 Å². The van der Waals surface area contributed by atoms with Gasteiger partial charge in [-0.3, -0.25) is 0 Å². The van der Waals surface area contributed by atoms with Gasteiger partial charge in [-0.1, -0.05) is 17.7 Å². The average molecular weight is 343 g/mol. The molecule has 0 radical (unpaired) electrons. The van der Waals surface area contributed by atoms with Crippen molar-refractivity contribution in [2.75, 3.05) is 20.3 Å². The van der Waals surface area contributed by atoms with Crippen molar-refractivity contribution in [3.05, 3.63) is 11.6 Å². The van der Waals surface area contributed by atoms with Gasteiger partial charge in [0.25, 0.3) is 0 Å². The van der Waals surface area contributed by atoms with Gasteiger partial charge in [0.1, 0.15) is 6.10 Å². The van der Waals surface area contributed by atoms with E-state index in [0.29, 0.717) is 19.1 Å². The number of allylic oxidation sites excluding steroid dienone is 1. The van der Waals surface area contributed by atoms with Crippen LogP contribution < -0.4 is 0 Å². The van der Waals surface area contributed by atoms with Gasteiger partial charge < -0.3 is 14.2 Å². The molecule has 3 rings (SSSR count). The van der Waals surface area contributed by atoms with E-state index in [1.807, 2.05) is 0 Å². The third kappa shape index (κ3) is 4.72. The lowest BCUT2D eigenvalue weighted by atomic mass is 9.69. The van der Waals surface area contributed by atoms with Crippen molar-refractivity contribution in [2.24, 2.45) is 23.7 Å². The standard InChI is InChI=1S/C19H31ClO3/c1-21-18-12-22-19(23-13-18)17-8-6-16(7-9-17)15-4-2-14(3-5-15)10-11-20/h10-11,14-19H,2-9,12-13H2,1H3/b11-10+. The van der Waals surface area contributed by atoms with Crippen LogP contribution in [0.1, 0.15) is 51.4 Å². The lowest BCUT2D eigenvalue weighted by molar-refractivity contribution is -0.246. The predicted molar refractivity (Wildman–Crippen MR) is 92.4 cm³/mol. The van der Waals surface area contributed by atoms with Gasteiger partial charge in [-0.05, 0) is 69.1 Å². The number of hydrogen-bond donors (Lipinski definition) is 0. The van der Waals surface area contributed by atoms with Crippen LogP contribution in [0.15, 0.2) is 11.6 Å². The molecule has 0 aromatic carbocycles. The molecule has 1 heterocycles. The Hall–Kier alpha value is -0.0900. The summed E-state index contributed by atoms with van der Waals surface area (Å²) >= 11 is 5.72. The molecular formula is C19H31ClO3. The van der Waals surface area contributed by atoms with Gasteiger partial charge in [0.15, 0.2) is 6.29 Å². The first kappa shape index (κ1) is 17.7. The molecule has 3 nitrogen and oxygen atoms in total. The Morgan fingerprint density at radius 2 is 1.35 bits per heavy atom. The molecule has 0 aromatic heterocycles. The van der Waals surface area contributed by atoms with Gasteiger partial charge in [-0.2, -0.15) is 0 Å². The molecule has 2 saturated carbocycles. The van der Waals surface area contributed by atoms with Crippen LogP contribution in [0.2, 0.25) is 0 Å². The topological polar surface area (TPSA) is 27.7 Å². The number of halogens is 1. The van der Waals surface area contributed by atoms with Gasteiger partial charge in [0, 0.05) is 18.6 Å². The van der Waals surface area contributed by atoms with Crippen LogP contribution >= 0.6 is 11.6 Å². The van der Waals surface area contributed by atoms with Gasteiger partial charge in [0.2, 0.25) is 0 Å². The van der Waals surface area contributed by atoms with E-state index < -0.39 is 0 Å². The minimum Gasteiger partial charge on any atom is -0.377 e. The maximum Gasteiger partial charge on any atom is 0.160 e. The Morgan fingerprint density at radius 1 is 0.826 bits per heavy atom. The van der Waals surface area contributed by atoms with Crippen molar-refractivity contribution in [1.82, 2.24) is 0 Å². The lowest BCUT2D eigenvalue weighted by Crippen LogP contribution is -2.42. The highest BCUT2D eigenvalue weighted by Crippen LogP contribution is 2.43. The van der Waals surface area contributed by atoms with Crippen molar-refractivity contribution >= 4 is 11.6 Å². The molecule has 0 bridgehead atoms. The van der Waals surface area contributed by atoms with Crippen molar-refractivity contribution < 1.29 is 14.2 Å². The van der Waals surface area contributed by atoms with E-state index >= 15 is 0 Å². The molecule has 2 aliphatic carbocycles. The van der Waals surface area contributed by atoms with E-state index in [9.17, 15) is 0 Å². The summed E-state index contributed by atoms with van der Waals surface area (Å²) in [6.45, 7) is 1.36. The predicted octanol–water partition coefficient (Wildman–Crippen LogP) is 4.74. The van der Waals surface area contributed by atoms with E-state index in [-0.39, 0.29) is 12.4 Å². The first-order valence-electron chi connectivity index (χ1n) is 9.33. The van der Waals surface area contributed by atoms with Crippen molar-refractivity contribution in [3.8, 4) is 0 Å². The maximum absolute atomic E-state index is 5.88. The van der Waals surface area contributed by atoms with E-state index in [4.69, 9.17) is 25.8 Å². The number of methoxy groups -OCH3 is 1. The second kappa shape index (κ2) is 8.84. The quantitative estimate of drug-likeness (QED) is 0.738. The highest BCUT2D eigenvalue weighted by molar-refractivity contribution is 6.25. The molecule has 1 saturated heterocycles. The second-order valence-electron chi connectivity index (χ2n) is 7.56. The van der Waals surface area contributed by atoms with Gasteiger partial charge in [0.05, 0.1) is 13.2 Å². The zero-order valence-electron chi connectivity index (χ0n) is 14.3. The van der Waals surface area contributed by atoms with Crippen LogP contribution in [0.4, 0.5) is 0 Å². The zero-order valence-corrected chi connectivity index (χ0v) is 15.0. The summed E-state index contributed by atoms with van der Waals surface area (Å²) in [7, 11) is 1.72. The van der Waals surface area contributed by atoms with E-state index in [1.165, 1.54) is 51.4 Å². The molecule has 0 atom stereocenters. The summed E-state index contributed by atoms with van der Waals surface area (Å²) in [4.78, 5) is 0. The average Bonchev–Trinajstić information content (AvgIpc) is 2.63. The summed E-state index contributed by atoms with van der Waals surface area (Å²) in [6.07, 6.45) is 12.9. The molecular weight excluding hydrogens is 312 g/mol. The van der Waals surface area contributed by atoms with Crippen LogP contribution in [0, 0.1) is 23.7 Å². The van der Waals surface area contributed by atoms with E-state index in [2.05, 4.69) is 6.08 Å². The van der Waals surface area contributed by atoms with Crippen LogP contribution in [-0.2, 0) is 14.2 Å². The first-order chi connectivity index (χ1) is 11.3. The minimum atomic E-state index is 0.00643. The maximum atomic E-state index is 5.88. The summed E-state index contributed by atoms with van der Waals surface area (Å²) in [6, 6.07) is 0. The number of hydrogen-bond acceptors (Lipinski definition) is 3.